The van der Waals surface area contributed by atoms with Gasteiger partial charge in [0.2, 0.25) is 5.89 Å². The van der Waals surface area contributed by atoms with Gasteiger partial charge in [0.25, 0.3) is 5.89 Å². The second-order valence-corrected chi connectivity index (χ2v) is 6.89. The fraction of sp³-hybridized carbons (Fsp3) is 0.0769. The van der Waals surface area contributed by atoms with Crippen LogP contribution < -0.4 is 0 Å². The highest BCUT2D eigenvalue weighted by Gasteiger charge is 2.11. The Morgan fingerprint density at radius 1 is 1.10 bits per heavy atom. The van der Waals surface area contributed by atoms with Crippen molar-refractivity contribution in [1.82, 2.24) is 20.2 Å². The van der Waals surface area contributed by atoms with Gasteiger partial charge in [0.15, 0.2) is 0 Å². The van der Waals surface area contributed by atoms with Gasteiger partial charge < -0.3 is 4.42 Å². The van der Waals surface area contributed by atoms with Crippen LogP contribution in [-0.2, 0) is 5.75 Å². The molecule has 0 fully saturated rings. The number of thiophene rings is 2. The van der Waals surface area contributed by atoms with Gasteiger partial charge in [-0.05, 0) is 22.9 Å². The third-order valence-corrected chi connectivity index (χ3v) is 5.42. The van der Waals surface area contributed by atoms with Crippen molar-refractivity contribution in [2.45, 2.75) is 10.8 Å². The number of thioether (sulfide) groups is 1. The zero-order valence-electron chi connectivity index (χ0n) is 10.6. The minimum Gasteiger partial charge on any atom is -0.419 e. The van der Waals surface area contributed by atoms with Crippen molar-refractivity contribution in [2.75, 3.05) is 0 Å². The summed E-state index contributed by atoms with van der Waals surface area (Å²) in [7, 11) is 0. The summed E-state index contributed by atoms with van der Waals surface area (Å²) in [5.41, 5.74) is 0. The molecule has 0 spiro atoms. The van der Waals surface area contributed by atoms with Crippen LogP contribution >= 0.6 is 34.4 Å². The summed E-state index contributed by atoms with van der Waals surface area (Å²) >= 11 is 4.78. The minimum atomic E-state index is 0.573. The van der Waals surface area contributed by atoms with Gasteiger partial charge in [-0.15, -0.1) is 32.9 Å². The first-order valence-corrected chi connectivity index (χ1v) is 8.82. The number of hydrogen-bond donors (Lipinski definition) is 0. The molecule has 5 nitrogen and oxygen atoms in total. The van der Waals surface area contributed by atoms with Gasteiger partial charge in [-0.1, -0.05) is 17.8 Å². The lowest BCUT2D eigenvalue weighted by Gasteiger charge is -1.98. The fourth-order valence-electron chi connectivity index (χ4n) is 1.82. The number of hydrogen-bond acceptors (Lipinski definition) is 8. The van der Waals surface area contributed by atoms with Crippen LogP contribution in [0.2, 0.25) is 0 Å². The SMILES string of the molecule is c1csc(-c2nnc(CSc3ncnc4sccc34)o2)c1. The molecule has 4 aromatic heterocycles. The summed E-state index contributed by atoms with van der Waals surface area (Å²) in [5, 5.41) is 14.2. The largest absolute Gasteiger partial charge is 0.419 e. The quantitative estimate of drug-likeness (QED) is 0.414. The molecule has 4 aromatic rings. The van der Waals surface area contributed by atoms with Gasteiger partial charge in [-0.2, -0.15) is 0 Å². The van der Waals surface area contributed by atoms with Crippen LogP contribution in [0.3, 0.4) is 0 Å². The Bertz CT molecular complexity index is 868. The predicted octanol–water partition coefficient (Wildman–Crippen LogP) is 4.10. The average molecular weight is 332 g/mol. The van der Waals surface area contributed by atoms with E-state index in [1.165, 1.54) is 0 Å². The van der Waals surface area contributed by atoms with E-state index in [9.17, 15) is 0 Å². The van der Waals surface area contributed by atoms with Crippen LogP contribution in [-0.4, -0.2) is 20.2 Å². The van der Waals surface area contributed by atoms with Gasteiger partial charge in [0.1, 0.15) is 16.2 Å². The van der Waals surface area contributed by atoms with Gasteiger partial charge in [-0.3, -0.25) is 0 Å². The Morgan fingerprint density at radius 2 is 2.10 bits per heavy atom. The molecule has 4 rings (SSSR count). The normalized spacial score (nSPS) is 11.2. The van der Waals surface area contributed by atoms with Crippen molar-refractivity contribution in [3.05, 3.63) is 41.2 Å². The van der Waals surface area contributed by atoms with Crippen LogP contribution in [0, 0.1) is 0 Å². The molecule has 0 aliphatic heterocycles. The maximum atomic E-state index is 5.67. The molecule has 0 bridgehead atoms. The Labute approximate surface area is 132 Å². The van der Waals surface area contributed by atoms with Crippen molar-refractivity contribution < 1.29 is 4.42 Å². The monoisotopic (exact) mass is 332 g/mol. The molecule has 104 valence electrons. The number of aromatic nitrogens is 4. The topological polar surface area (TPSA) is 64.7 Å². The van der Waals surface area contributed by atoms with Crippen molar-refractivity contribution in [3.8, 4) is 10.8 Å². The van der Waals surface area contributed by atoms with Gasteiger partial charge in [0.05, 0.1) is 10.6 Å². The first kappa shape index (κ1) is 12.9. The van der Waals surface area contributed by atoms with Gasteiger partial charge >= 0.3 is 0 Å². The zero-order chi connectivity index (χ0) is 14.1. The first-order chi connectivity index (χ1) is 10.4. The van der Waals surface area contributed by atoms with Crippen molar-refractivity contribution >= 4 is 44.7 Å². The molecular formula is C13H8N4OS3. The highest BCUT2D eigenvalue weighted by atomic mass is 32.2. The highest BCUT2D eigenvalue weighted by molar-refractivity contribution is 7.98. The molecule has 0 amide bonds. The summed E-state index contributed by atoms with van der Waals surface area (Å²) in [6, 6.07) is 5.97. The molecule has 0 atom stereocenters. The molecule has 0 aliphatic carbocycles. The molecule has 0 aromatic carbocycles. The van der Waals surface area contributed by atoms with E-state index in [-0.39, 0.29) is 0 Å². The van der Waals surface area contributed by atoms with E-state index >= 15 is 0 Å². The standard InChI is InChI=1S/C13H8N4OS3/c1-2-9(19-4-1)11-17-16-10(18-11)6-21-13-8-3-5-20-12(8)14-7-15-13/h1-5,7H,6H2. The lowest BCUT2D eigenvalue weighted by molar-refractivity contribution is 0.529. The summed E-state index contributed by atoms with van der Waals surface area (Å²) < 4.78 is 5.67. The third kappa shape index (κ3) is 2.57. The summed E-state index contributed by atoms with van der Waals surface area (Å²) in [5.74, 6) is 1.77. The number of nitrogens with zero attached hydrogens (tertiary/aromatic N) is 4. The van der Waals surface area contributed by atoms with Crippen LogP contribution in [0.4, 0.5) is 0 Å². The highest BCUT2D eigenvalue weighted by Crippen LogP contribution is 2.30. The Morgan fingerprint density at radius 3 is 3.00 bits per heavy atom. The lowest BCUT2D eigenvalue weighted by Crippen LogP contribution is -1.85. The van der Waals surface area contributed by atoms with E-state index in [2.05, 4.69) is 20.2 Å². The third-order valence-electron chi connectivity index (χ3n) is 2.76. The Hall–Kier alpha value is -1.77. The smallest absolute Gasteiger partial charge is 0.257 e. The average Bonchev–Trinajstić information content (AvgIpc) is 3.23. The maximum absolute atomic E-state index is 5.67. The van der Waals surface area contributed by atoms with E-state index in [0.29, 0.717) is 17.5 Å². The molecule has 4 heterocycles. The number of fused-ring (bicyclic) bond motifs is 1. The molecule has 8 heteroatoms. The van der Waals surface area contributed by atoms with E-state index in [1.54, 1.807) is 40.8 Å². The van der Waals surface area contributed by atoms with Crippen LogP contribution in [0.5, 0.6) is 0 Å². The van der Waals surface area contributed by atoms with Crippen LogP contribution in [0.15, 0.2) is 44.7 Å². The lowest BCUT2D eigenvalue weighted by atomic mass is 10.4. The zero-order valence-corrected chi connectivity index (χ0v) is 13.0. The van der Waals surface area contributed by atoms with Gasteiger partial charge in [-0.25, -0.2) is 9.97 Å². The van der Waals surface area contributed by atoms with Crippen molar-refractivity contribution in [3.63, 3.8) is 0 Å². The second-order valence-electron chi connectivity index (χ2n) is 4.09. The van der Waals surface area contributed by atoms with Crippen LogP contribution in [0.1, 0.15) is 5.89 Å². The first-order valence-electron chi connectivity index (χ1n) is 6.07. The molecule has 0 saturated heterocycles. The molecular weight excluding hydrogens is 324 g/mol. The van der Waals surface area contributed by atoms with E-state index in [0.717, 1.165) is 20.1 Å². The van der Waals surface area contributed by atoms with Crippen molar-refractivity contribution in [1.29, 1.82) is 0 Å². The summed E-state index contributed by atoms with van der Waals surface area (Å²) in [4.78, 5) is 10.5. The Kier molecular flexibility index (Phi) is 3.42. The summed E-state index contributed by atoms with van der Waals surface area (Å²) in [6.45, 7) is 0. The van der Waals surface area contributed by atoms with E-state index in [4.69, 9.17) is 4.42 Å². The predicted molar refractivity (Wildman–Crippen MR) is 84.6 cm³/mol. The van der Waals surface area contributed by atoms with E-state index in [1.807, 2.05) is 29.0 Å². The molecule has 0 unspecified atom stereocenters. The number of rotatable bonds is 4. The van der Waals surface area contributed by atoms with E-state index < -0.39 is 0 Å². The molecule has 0 radical (unpaired) electrons. The fourth-order valence-corrected chi connectivity index (χ4v) is 4.08. The minimum absolute atomic E-state index is 0.573. The van der Waals surface area contributed by atoms with Crippen molar-refractivity contribution in [2.24, 2.45) is 0 Å². The van der Waals surface area contributed by atoms with Gasteiger partial charge in [0, 0.05) is 5.39 Å². The molecule has 0 saturated carbocycles. The van der Waals surface area contributed by atoms with Crippen LogP contribution in [0.25, 0.3) is 21.0 Å². The molecule has 21 heavy (non-hydrogen) atoms. The molecule has 0 N–H and O–H groups in total. The maximum Gasteiger partial charge on any atom is 0.257 e. The Balaban J connectivity index is 1.53. The second kappa shape index (κ2) is 5.55. The molecule has 0 aliphatic rings. The summed E-state index contributed by atoms with van der Waals surface area (Å²) in [6.07, 6.45) is 1.59.